The zero-order chi connectivity index (χ0) is 13.8. The molecule has 0 spiro atoms. The van der Waals surface area contributed by atoms with Gasteiger partial charge in [-0.3, -0.25) is 4.90 Å². The van der Waals surface area contributed by atoms with Crippen LogP contribution in [0.25, 0.3) is 0 Å². The fourth-order valence-corrected chi connectivity index (χ4v) is 2.74. The normalized spacial score (nSPS) is 19.1. The van der Waals surface area contributed by atoms with Crippen LogP contribution < -0.4 is 0 Å². The lowest BCUT2D eigenvalue weighted by Gasteiger charge is -2.33. The van der Waals surface area contributed by atoms with E-state index < -0.39 is 0 Å². The highest BCUT2D eigenvalue weighted by molar-refractivity contribution is 5.23. The van der Waals surface area contributed by atoms with Gasteiger partial charge in [-0.1, -0.05) is 54.6 Å². The highest BCUT2D eigenvalue weighted by Gasteiger charge is 2.21. The van der Waals surface area contributed by atoms with E-state index in [2.05, 4.69) is 41.3 Å². The molecular formula is C18H18FN. The van der Waals surface area contributed by atoms with E-state index in [0.29, 0.717) is 6.04 Å². The van der Waals surface area contributed by atoms with Crippen molar-refractivity contribution < 1.29 is 4.39 Å². The third-order valence-corrected chi connectivity index (χ3v) is 3.79. The molecule has 0 saturated carbocycles. The van der Waals surface area contributed by atoms with Crippen LogP contribution >= 0.6 is 0 Å². The number of hydrogen-bond donors (Lipinski definition) is 0. The summed E-state index contributed by atoms with van der Waals surface area (Å²) in [5, 5.41) is 0. The summed E-state index contributed by atoms with van der Waals surface area (Å²) in [4.78, 5) is 2.43. The molecule has 0 fully saturated rings. The lowest BCUT2D eigenvalue weighted by Crippen LogP contribution is -2.30. The molecule has 2 heteroatoms. The van der Waals surface area contributed by atoms with Gasteiger partial charge in [0.15, 0.2) is 0 Å². The van der Waals surface area contributed by atoms with Crippen LogP contribution in [0.5, 0.6) is 0 Å². The summed E-state index contributed by atoms with van der Waals surface area (Å²) in [5.74, 6) is -0.172. The molecule has 1 aliphatic rings. The van der Waals surface area contributed by atoms with Crippen LogP contribution in [0.3, 0.4) is 0 Å². The minimum absolute atomic E-state index is 0.172. The fraction of sp³-hybridized carbons (Fsp3) is 0.222. The summed E-state index contributed by atoms with van der Waals surface area (Å²) in [6.07, 6.45) is 5.41. The fourth-order valence-electron chi connectivity index (χ4n) is 2.74. The van der Waals surface area contributed by atoms with Crippen molar-refractivity contribution in [3.8, 4) is 0 Å². The molecule has 1 heterocycles. The van der Waals surface area contributed by atoms with E-state index in [-0.39, 0.29) is 5.82 Å². The van der Waals surface area contributed by atoms with Gasteiger partial charge in [0.2, 0.25) is 0 Å². The van der Waals surface area contributed by atoms with Crippen molar-refractivity contribution in [3.63, 3.8) is 0 Å². The molecule has 3 rings (SSSR count). The molecule has 0 amide bonds. The monoisotopic (exact) mass is 267 g/mol. The Labute approximate surface area is 119 Å². The Bertz CT molecular complexity index is 574. The maximum Gasteiger partial charge on any atom is 0.123 e. The predicted octanol–water partition coefficient (Wildman–Crippen LogP) is 4.33. The Balaban J connectivity index is 1.81. The third-order valence-electron chi connectivity index (χ3n) is 3.79. The zero-order valence-electron chi connectivity index (χ0n) is 11.4. The van der Waals surface area contributed by atoms with Crippen LogP contribution in [0.2, 0.25) is 0 Å². The molecule has 0 aliphatic carbocycles. The number of nitrogens with zero attached hydrogens (tertiary/aromatic N) is 1. The molecule has 0 aromatic heterocycles. The topological polar surface area (TPSA) is 3.24 Å². The second kappa shape index (κ2) is 6.02. The number of rotatable bonds is 3. The largest absolute Gasteiger partial charge is 0.288 e. The van der Waals surface area contributed by atoms with Gasteiger partial charge in [0.25, 0.3) is 0 Å². The zero-order valence-corrected chi connectivity index (χ0v) is 11.4. The first-order chi connectivity index (χ1) is 9.83. The average Bonchev–Trinajstić information content (AvgIpc) is 2.50. The molecule has 2 aromatic rings. The lowest BCUT2D eigenvalue weighted by molar-refractivity contribution is 0.201. The molecule has 1 aliphatic heterocycles. The molecule has 0 N–H and O–H groups in total. The van der Waals surface area contributed by atoms with E-state index in [1.807, 2.05) is 18.2 Å². The van der Waals surface area contributed by atoms with E-state index in [1.54, 1.807) is 12.1 Å². The lowest BCUT2D eigenvalue weighted by atomic mass is 9.98. The highest BCUT2D eigenvalue weighted by Crippen LogP contribution is 2.29. The van der Waals surface area contributed by atoms with Crippen molar-refractivity contribution >= 4 is 0 Å². The Morgan fingerprint density at radius 2 is 1.70 bits per heavy atom. The smallest absolute Gasteiger partial charge is 0.123 e. The van der Waals surface area contributed by atoms with Gasteiger partial charge in [-0.05, 0) is 29.7 Å². The van der Waals surface area contributed by atoms with Crippen molar-refractivity contribution in [2.45, 2.75) is 19.0 Å². The highest BCUT2D eigenvalue weighted by atomic mass is 19.1. The van der Waals surface area contributed by atoms with Crippen LogP contribution in [0.1, 0.15) is 23.6 Å². The van der Waals surface area contributed by atoms with E-state index in [4.69, 9.17) is 0 Å². The van der Waals surface area contributed by atoms with Gasteiger partial charge in [-0.15, -0.1) is 0 Å². The number of benzene rings is 2. The minimum Gasteiger partial charge on any atom is -0.288 e. The quantitative estimate of drug-likeness (QED) is 0.748. The second-order valence-corrected chi connectivity index (χ2v) is 5.19. The Kier molecular flexibility index (Phi) is 3.93. The van der Waals surface area contributed by atoms with Gasteiger partial charge in [0, 0.05) is 19.1 Å². The second-order valence-electron chi connectivity index (χ2n) is 5.19. The molecule has 1 unspecified atom stereocenters. The van der Waals surface area contributed by atoms with E-state index in [9.17, 15) is 4.39 Å². The number of halogens is 1. The molecule has 0 radical (unpaired) electrons. The molecule has 2 aromatic carbocycles. The summed E-state index contributed by atoms with van der Waals surface area (Å²) in [6, 6.07) is 17.7. The first-order valence-electron chi connectivity index (χ1n) is 7.01. The van der Waals surface area contributed by atoms with Crippen molar-refractivity contribution in [1.29, 1.82) is 0 Å². The van der Waals surface area contributed by atoms with Gasteiger partial charge in [0.05, 0.1) is 0 Å². The van der Waals surface area contributed by atoms with Crippen LogP contribution in [0, 0.1) is 5.82 Å². The van der Waals surface area contributed by atoms with Crippen molar-refractivity contribution in [3.05, 3.63) is 83.7 Å². The van der Waals surface area contributed by atoms with Gasteiger partial charge in [-0.25, -0.2) is 4.39 Å². The summed E-state index contributed by atoms with van der Waals surface area (Å²) in [6.45, 7) is 1.87. The van der Waals surface area contributed by atoms with Crippen molar-refractivity contribution in [1.82, 2.24) is 4.90 Å². The maximum atomic E-state index is 13.1. The average molecular weight is 267 g/mol. The first kappa shape index (κ1) is 13.1. The van der Waals surface area contributed by atoms with E-state index >= 15 is 0 Å². The SMILES string of the molecule is Fc1ccc(C2CC=CCN2Cc2ccccc2)cc1. The number of hydrogen-bond acceptors (Lipinski definition) is 1. The Hall–Kier alpha value is -1.93. The molecule has 1 nitrogen and oxygen atoms in total. The summed E-state index contributed by atoms with van der Waals surface area (Å²) in [7, 11) is 0. The maximum absolute atomic E-state index is 13.1. The Morgan fingerprint density at radius 3 is 2.45 bits per heavy atom. The van der Waals surface area contributed by atoms with Crippen molar-refractivity contribution in [2.75, 3.05) is 6.54 Å². The third kappa shape index (κ3) is 2.97. The summed E-state index contributed by atoms with van der Waals surface area (Å²) >= 11 is 0. The molecule has 1 atom stereocenters. The predicted molar refractivity (Wildman–Crippen MR) is 79.8 cm³/mol. The molecule has 102 valence electrons. The van der Waals surface area contributed by atoms with Gasteiger partial charge >= 0.3 is 0 Å². The van der Waals surface area contributed by atoms with Gasteiger partial charge in [0.1, 0.15) is 5.82 Å². The van der Waals surface area contributed by atoms with E-state index in [0.717, 1.165) is 19.5 Å². The summed E-state index contributed by atoms with van der Waals surface area (Å²) < 4.78 is 13.1. The van der Waals surface area contributed by atoms with E-state index in [1.165, 1.54) is 11.1 Å². The van der Waals surface area contributed by atoms with Crippen LogP contribution in [0.15, 0.2) is 66.7 Å². The van der Waals surface area contributed by atoms with Crippen LogP contribution in [0.4, 0.5) is 4.39 Å². The minimum atomic E-state index is -0.172. The molecular weight excluding hydrogens is 249 g/mol. The van der Waals surface area contributed by atoms with Gasteiger partial charge < -0.3 is 0 Å². The molecule has 0 saturated heterocycles. The first-order valence-corrected chi connectivity index (χ1v) is 7.01. The Morgan fingerprint density at radius 1 is 0.950 bits per heavy atom. The standard InChI is InChI=1S/C18H18FN/c19-17-11-9-16(10-12-17)18-8-4-5-13-20(18)14-15-6-2-1-3-7-15/h1-7,9-12,18H,8,13-14H2. The van der Waals surface area contributed by atoms with Crippen LogP contribution in [-0.2, 0) is 6.54 Å². The van der Waals surface area contributed by atoms with Gasteiger partial charge in [-0.2, -0.15) is 0 Å². The molecule has 20 heavy (non-hydrogen) atoms. The van der Waals surface area contributed by atoms with Crippen LogP contribution in [-0.4, -0.2) is 11.4 Å². The molecule has 0 bridgehead atoms. The van der Waals surface area contributed by atoms with Crippen molar-refractivity contribution in [2.24, 2.45) is 0 Å². The summed E-state index contributed by atoms with van der Waals surface area (Å²) in [5.41, 5.74) is 2.50.